The average Bonchev–Trinajstić information content (AvgIpc) is 2.53. The molecule has 0 saturated heterocycles. The van der Waals surface area contributed by atoms with E-state index in [1.54, 1.807) is 6.07 Å². The Morgan fingerprint density at radius 3 is 2.48 bits per heavy atom. The molecule has 0 saturated carbocycles. The number of nitrogens with one attached hydrogen (secondary N) is 2. The van der Waals surface area contributed by atoms with Crippen LogP contribution in [0.15, 0.2) is 24.4 Å². The van der Waals surface area contributed by atoms with Gasteiger partial charge < -0.3 is 10.6 Å². The summed E-state index contributed by atoms with van der Waals surface area (Å²) in [7, 11) is 1.49. The summed E-state index contributed by atoms with van der Waals surface area (Å²) in [4.78, 5) is 15.3. The summed E-state index contributed by atoms with van der Waals surface area (Å²) >= 11 is 0. The van der Waals surface area contributed by atoms with Crippen LogP contribution in [0, 0.1) is 0 Å². The Morgan fingerprint density at radius 1 is 1.22 bits per heavy atom. The minimum atomic E-state index is -4.43. The lowest BCUT2D eigenvalue weighted by atomic mass is 10.1. The number of amides is 1. The number of nitrogens with zero attached hydrogens (tertiary/aromatic N) is 3. The van der Waals surface area contributed by atoms with Crippen molar-refractivity contribution in [3.63, 3.8) is 0 Å². The van der Waals surface area contributed by atoms with Crippen molar-refractivity contribution >= 4 is 17.5 Å². The Morgan fingerprint density at radius 2 is 1.96 bits per heavy atom. The molecule has 0 aliphatic heterocycles. The molecule has 0 fully saturated rings. The van der Waals surface area contributed by atoms with E-state index >= 15 is 0 Å². The summed E-state index contributed by atoms with van der Waals surface area (Å²) in [6.07, 6.45) is -3.15. The summed E-state index contributed by atoms with van der Waals surface area (Å²) in [5.41, 5.74) is 0.0352. The van der Waals surface area contributed by atoms with Crippen LogP contribution in [-0.4, -0.2) is 28.1 Å². The van der Waals surface area contributed by atoms with E-state index in [4.69, 9.17) is 0 Å². The first-order chi connectivity index (χ1) is 10.8. The van der Waals surface area contributed by atoms with Crippen LogP contribution in [0.1, 0.15) is 28.5 Å². The highest BCUT2D eigenvalue weighted by Crippen LogP contribution is 2.29. The smallest absolute Gasteiger partial charge is 0.354 e. The minimum Gasteiger partial charge on any atom is -0.354 e. The maximum absolute atomic E-state index is 12.5. The van der Waals surface area contributed by atoms with E-state index in [0.717, 1.165) is 12.3 Å². The summed E-state index contributed by atoms with van der Waals surface area (Å²) in [6, 6.07) is 3.72. The van der Waals surface area contributed by atoms with Crippen molar-refractivity contribution in [1.29, 1.82) is 0 Å². The summed E-state index contributed by atoms with van der Waals surface area (Å²) in [6.45, 7) is 1.85. The van der Waals surface area contributed by atoms with E-state index in [2.05, 4.69) is 25.8 Å². The highest BCUT2D eigenvalue weighted by atomic mass is 19.4. The van der Waals surface area contributed by atoms with Gasteiger partial charge in [0.25, 0.3) is 5.91 Å². The molecule has 0 aromatic carbocycles. The van der Waals surface area contributed by atoms with Crippen LogP contribution in [0.25, 0.3) is 0 Å². The predicted octanol–water partition coefficient (Wildman–Crippen LogP) is 2.56. The van der Waals surface area contributed by atoms with Crippen LogP contribution in [-0.2, 0) is 12.6 Å². The number of carbonyl (C=O) groups is 1. The van der Waals surface area contributed by atoms with Crippen molar-refractivity contribution in [3.05, 3.63) is 41.2 Å². The van der Waals surface area contributed by atoms with Crippen molar-refractivity contribution in [1.82, 2.24) is 20.5 Å². The molecule has 2 N–H and O–H groups in total. The van der Waals surface area contributed by atoms with Crippen molar-refractivity contribution in [3.8, 4) is 0 Å². The van der Waals surface area contributed by atoms with Crippen LogP contribution in [0.3, 0.4) is 0 Å². The van der Waals surface area contributed by atoms with Gasteiger partial charge in [0.05, 0.1) is 5.56 Å². The lowest BCUT2D eigenvalue weighted by Crippen LogP contribution is -2.22. The van der Waals surface area contributed by atoms with Gasteiger partial charge in [0, 0.05) is 13.2 Å². The lowest BCUT2D eigenvalue weighted by Gasteiger charge is -2.10. The van der Waals surface area contributed by atoms with Crippen LogP contribution in [0.2, 0.25) is 0 Å². The molecule has 2 aromatic rings. The monoisotopic (exact) mass is 325 g/mol. The first-order valence-corrected chi connectivity index (χ1v) is 6.74. The first kappa shape index (κ1) is 16.7. The second kappa shape index (κ2) is 6.59. The zero-order valence-electron chi connectivity index (χ0n) is 12.4. The van der Waals surface area contributed by atoms with Crippen LogP contribution < -0.4 is 10.6 Å². The number of carbonyl (C=O) groups excluding carboxylic acids is 1. The molecule has 0 spiro atoms. The van der Waals surface area contributed by atoms with Gasteiger partial charge in [0.2, 0.25) is 0 Å². The molecule has 0 unspecified atom stereocenters. The Balaban J connectivity index is 2.22. The molecule has 23 heavy (non-hydrogen) atoms. The second-order valence-corrected chi connectivity index (χ2v) is 4.59. The lowest BCUT2D eigenvalue weighted by molar-refractivity contribution is -0.137. The van der Waals surface area contributed by atoms with Crippen molar-refractivity contribution in [2.75, 3.05) is 12.4 Å². The largest absolute Gasteiger partial charge is 0.417 e. The highest BCUT2D eigenvalue weighted by molar-refractivity contribution is 5.93. The van der Waals surface area contributed by atoms with Gasteiger partial charge in [-0.05, 0) is 30.2 Å². The molecule has 1 amide bonds. The predicted molar refractivity (Wildman–Crippen MR) is 77.3 cm³/mol. The molecule has 2 aromatic heterocycles. The van der Waals surface area contributed by atoms with Gasteiger partial charge in [-0.25, -0.2) is 4.98 Å². The van der Waals surface area contributed by atoms with Gasteiger partial charge >= 0.3 is 6.18 Å². The molecule has 0 bridgehead atoms. The molecule has 0 radical (unpaired) electrons. The number of anilines is 2. The quantitative estimate of drug-likeness (QED) is 0.903. The number of hydrogen-bond donors (Lipinski definition) is 2. The normalized spacial score (nSPS) is 11.2. The molecule has 0 aliphatic rings. The van der Waals surface area contributed by atoms with Gasteiger partial charge in [0.1, 0.15) is 5.82 Å². The zero-order valence-corrected chi connectivity index (χ0v) is 12.4. The summed E-state index contributed by atoms with van der Waals surface area (Å²) < 4.78 is 37.4. The fraction of sp³-hybridized carbons (Fsp3) is 0.286. The zero-order chi connectivity index (χ0) is 17.0. The average molecular weight is 325 g/mol. The molecule has 0 atom stereocenters. The fourth-order valence-electron chi connectivity index (χ4n) is 1.84. The summed E-state index contributed by atoms with van der Waals surface area (Å²) in [5, 5.41) is 12.9. The summed E-state index contributed by atoms with van der Waals surface area (Å²) in [5.74, 6) is 0.136. The van der Waals surface area contributed by atoms with Crippen molar-refractivity contribution in [2.24, 2.45) is 0 Å². The first-order valence-electron chi connectivity index (χ1n) is 6.74. The van der Waals surface area contributed by atoms with E-state index in [1.807, 2.05) is 6.92 Å². The minimum absolute atomic E-state index is 0.196. The van der Waals surface area contributed by atoms with Crippen LogP contribution in [0.5, 0.6) is 0 Å². The molecular formula is C14H14F3N5O. The van der Waals surface area contributed by atoms with Gasteiger partial charge in [-0.3, -0.25) is 4.79 Å². The van der Waals surface area contributed by atoms with Crippen LogP contribution in [0.4, 0.5) is 24.8 Å². The van der Waals surface area contributed by atoms with Gasteiger partial charge in [-0.15, -0.1) is 10.2 Å². The van der Waals surface area contributed by atoms with Gasteiger partial charge in [-0.1, -0.05) is 6.92 Å². The number of aromatic nitrogens is 3. The fourth-order valence-corrected chi connectivity index (χ4v) is 1.84. The maximum Gasteiger partial charge on any atom is 0.417 e. The Labute approximate surface area is 130 Å². The molecule has 9 heteroatoms. The molecule has 122 valence electrons. The third-order valence-corrected chi connectivity index (χ3v) is 3.04. The van der Waals surface area contributed by atoms with E-state index in [9.17, 15) is 18.0 Å². The van der Waals surface area contributed by atoms with Gasteiger partial charge in [0.15, 0.2) is 11.5 Å². The number of hydrogen-bond acceptors (Lipinski definition) is 5. The number of halogens is 3. The van der Waals surface area contributed by atoms with Crippen LogP contribution >= 0.6 is 0 Å². The Bertz CT molecular complexity index is 701. The number of rotatable bonds is 4. The van der Waals surface area contributed by atoms with Crippen molar-refractivity contribution < 1.29 is 18.0 Å². The molecule has 2 heterocycles. The van der Waals surface area contributed by atoms with E-state index in [0.29, 0.717) is 17.8 Å². The third kappa shape index (κ3) is 3.93. The van der Waals surface area contributed by atoms with E-state index in [-0.39, 0.29) is 17.4 Å². The van der Waals surface area contributed by atoms with Gasteiger partial charge in [-0.2, -0.15) is 13.2 Å². The molecule has 6 nitrogen and oxygen atoms in total. The maximum atomic E-state index is 12.5. The van der Waals surface area contributed by atoms with E-state index in [1.165, 1.54) is 13.1 Å². The molecular weight excluding hydrogens is 311 g/mol. The number of alkyl halides is 3. The number of pyridine rings is 1. The standard InChI is InChI=1S/C14H14F3N5O/c1-3-8-6-11(21-22-12(8)13(23)18-2)20-10-5-4-9(7-19-10)14(15,16)17/h4-7H,3H2,1-2H3,(H,18,23)(H,19,20,21). The SMILES string of the molecule is CCc1cc(Nc2ccc(C(F)(F)F)cn2)nnc1C(=O)NC. The molecule has 0 aliphatic carbocycles. The van der Waals surface area contributed by atoms with Crippen molar-refractivity contribution in [2.45, 2.75) is 19.5 Å². The highest BCUT2D eigenvalue weighted by Gasteiger charge is 2.30. The Kier molecular flexibility index (Phi) is 4.77. The second-order valence-electron chi connectivity index (χ2n) is 4.59. The molecule has 2 rings (SSSR count). The topological polar surface area (TPSA) is 79.8 Å². The third-order valence-electron chi connectivity index (χ3n) is 3.04. The number of aryl methyl sites for hydroxylation is 1. The van der Waals surface area contributed by atoms with E-state index < -0.39 is 11.7 Å². The Hall–Kier alpha value is -2.71.